The predicted molar refractivity (Wildman–Crippen MR) is 130 cm³/mol. The molecule has 2 aliphatic heterocycles. The highest BCUT2D eigenvalue weighted by Gasteiger charge is 2.28. The highest BCUT2D eigenvalue weighted by atomic mass is 32.1. The van der Waals surface area contributed by atoms with E-state index >= 15 is 0 Å². The number of fused-ring (bicyclic) bond motifs is 1. The first kappa shape index (κ1) is 21.3. The number of nitrogens with zero attached hydrogens (tertiary/aromatic N) is 4. The molecule has 2 fully saturated rings. The number of hydrogen-bond donors (Lipinski definition) is 1. The van der Waals surface area contributed by atoms with Crippen molar-refractivity contribution in [3.05, 3.63) is 53.7 Å². The first-order valence-corrected chi connectivity index (χ1v) is 12.5. The average Bonchev–Trinajstić information content (AvgIpc) is 3.46. The van der Waals surface area contributed by atoms with Gasteiger partial charge in [-0.3, -0.25) is 9.69 Å². The minimum Gasteiger partial charge on any atom is -0.356 e. The van der Waals surface area contributed by atoms with Gasteiger partial charge in [0.05, 0.1) is 0 Å². The Kier molecular flexibility index (Phi) is 6.37. The number of hydrogen-bond acceptors (Lipinski definition) is 6. The van der Waals surface area contributed by atoms with E-state index in [2.05, 4.69) is 51.3 Å². The van der Waals surface area contributed by atoms with Crippen LogP contribution in [0, 0.1) is 18.8 Å². The van der Waals surface area contributed by atoms with Crippen LogP contribution in [0.4, 0.5) is 5.13 Å². The Balaban J connectivity index is 1.05. The predicted octanol–water partition coefficient (Wildman–Crippen LogP) is 3.85. The summed E-state index contributed by atoms with van der Waals surface area (Å²) in [4.78, 5) is 27.7. The maximum Gasteiger partial charge on any atom is 0.223 e. The summed E-state index contributed by atoms with van der Waals surface area (Å²) in [6, 6.07) is 12.7. The number of nitrogens with one attached hydrogen (secondary N) is 1. The van der Waals surface area contributed by atoms with Crippen LogP contribution in [0.1, 0.15) is 30.4 Å². The number of amides is 1. The van der Waals surface area contributed by atoms with Gasteiger partial charge in [-0.2, -0.15) is 0 Å². The average molecular weight is 450 g/mol. The number of benzene rings is 1. The third-order valence-corrected chi connectivity index (χ3v) is 7.79. The second-order valence-corrected chi connectivity index (χ2v) is 10.2. The molecule has 0 saturated carbocycles. The second kappa shape index (κ2) is 9.55. The molecule has 4 heterocycles. The van der Waals surface area contributed by atoms with Crippen molar-refractivity contribution in [2.24, 2.45) is 11.8 Å². The summed E-state index contributed by atoms with van der Waals surface area (Å²) in [5.41, 5.74) is 3.63. The Morgan fingerprint density at radius 3 is 2.72 bits per heavy atom. The SMILES string of the molecule is Cc1ccc(CN2CCC(CNC(=O)C3CCN(c4nc5cccnc5s4)CC3)C2)cc1. The first-order valence-electron chi connectivity index (χ1n) is 11.7. The third kappa shape index (κ3) is 4.94. The normalized spacial score (nSPS) is 20.2. The quantitative estimate of drug-likeness (QED) is 0.619. The number of thiazole rings is 1. The Hall–Kier alpha value is -2.51. The number of carbonyl (C=O) groups is 1. The molecule has 7 heteroatoms. The van der Waals surface area contributed by atoms with Crippen LogP contribution >= 0.6 is 11.3 Å². The van der Waals surface area contributed by atoms with Crippen LogP contribution in [-0.2, 0) is 11.3 Å². The molecule has 1 aromatic carbocycles. The van der Waals surface area contributed by atoms with Crippen LogP contribution in [0.5, 0.6) is 0 Å². The molecule has 0 spiro atoms. The smallest absolute Gasteiger partial charge is 0.223 e. The van der Waals surface area contributed by atoms with Crippen molar-refractivity contribution in [1.29, 1.82) is 0 Å². The van der Waals surface area contributed by atoms with Crippen molar-refractivity contribution in [2.45, 2.75) is 32.7 Å². The monoisotopic (exact) mass is 449 g/mol. The van der Waals surface area contributed by atoms with E-state index < -0.39 is 0 Å². The molecule has 6 nitrogen and oxygen atoms in total. The van der Waals surface area contributed by atoms with Crippen LogP contribution in [0.25, 0.3) is 10.3 Å². The van der Waals surface area contributed by atoms with Gasteiger partial charge >= 0.3 is 0 Å². The number of anilines is 1. The topological polar surface area (TPSA) is 61.4 Å². The molecule has 0 bridgehead atoms. The summed E-state index contributed by atoms with van der Waals surface area (Å²) in [5.74, 6) is 0.899. The van der Waals surface area contributed by atoms with Crippen molar-refractivity contribution in [1.82, 2.24) is 20.2 Å². The second-order valence-electron chi connectivity index (χ2n) is 9.21. The van der Waals surface area contributed by atoms with Crippen LogP contribution in [0.2, 0.25) is 0 Å². The number of rotatable bonds is 6. The molecule has 5 rings (SSSR count). The van der Waals surface area contributed by atoms with Gasteiger partial charge in [0.15, 0.2) is 5.13 Å². The number of pyridine rings is 1. The maximum absolute atomic E-state index is 12.8. The van der Waals surface area contributed by atoms with E-state index in [1.807, 2.05) is 18.3 Å². The Bertz CT molecular complexity index is 1020. The molecule has 0 radical (unpaired) electrons. The molecule has 1 amide bonds. The molecule has 1 atom stereocenters. The number of aromatic nitrogens is 2. The van der Waals surface area contributed by atoms with Gasteiger partial charge in [-0.05, 0) is 56.3 Å². The van der Waals surface area contributed by atoms with Crippen molar-refractivity contribution in [3.8, 4) is 0 Å². The minimum absolute atomic E-state index is 0.115. The lowest BCUT2D eigenvalue weighted by molar-refractivity contribution is -0.125. The van der Waals surface area contributed by atoms with Gasteiger partial charge in [0.1, 0.15) is 10.3 Å². The maximum atomic E-state index is 12.8. The zero-order valence-electron chi connectivity index (χ0n) is 18.7. The number of aryl methyl sites for hydroxylation is 1. The van der Waals surface area contributed by atoms with Crippen molar-refractivity contribution in [2.75, 3.05) is 37.6 Å². The molecule has 3 aromatic rings. The Labute approximate surface area is 193 Å². The minimum atomic E-state index is 0.115. The lowest BCUT2D eigenvalue weighted by Gasteiger charge is -2.31. The summed E-state index contributed by atoms with van der Waals surface area (Å²) in [6.07, 6.45) is 4.75. The molecule has 2 aliphatic rings. The molecule has 1 N–H and O–H groups in total. The van der Waals surface area contributed by atoms with E-state index in [-0.39, 0.29) is 11.8 Å². The summed E-state index contributed by atoms with van der Waals surface area (Å²) < 4.78 is 0. The van der Waals surface area contributed by atoms with Crippen LogP contribution in [-0.4, -0.2) is 53.5 Å². The molecule has 0 aliphatic carbocycles. The molecular weight excluding hydrogens is 418 g/mol. The molecule has 168 valence electrons. The van der Waals surface area contributed by atoms with Gasteiger partial charge in [-0.15, -0.1) is 0 Å². The summed E-state index contributed by atoms with van der Waals surface area (Å²) in [7, 11) is 0. The lowest BCUT2D eigenvalue weighted by Crippen LogP contribution is -2.42. The largest absolute Gasteiger partial charge is 0.356 e. The highest BCUT2D eigenvalue weighted by molar-refractivity contribution is 7.21. The standard InChI is InChI=1S/C25H31N5OS/c1-18-4-6-19(7-5-18)16-29-12-8-20(17-29)15-27-23(31)21-9-13-30(14-10-21)25-28-22-3-2-11-26-24(22)32-25/h2-7,11,20-21H,8-10,12-17H2,1H3,(H,27,31). The molecule has 1 unspecified atom stereocenters. The van der Waals surface area contributed by atoms with Crippen molar-refractivity contribution >= 4 is 32.7 Å². The van der Waals surface area contributed by atoms with Crippen molar-refractivity contribution < 1.29 is 4.79 Å². The molecule has 2 aromatic heterocycles. The van der Waals surface area contributed by atoms with E-state index in [1.165, 1.54) is 11.1 Å². The van der Waals surface area contributed by atoms with E-state index in [1.54, 1.807) is 11.3 Å². The number of carbonyl (C=O) groups excluding carboxylic acids is 1. The molecular formula is C25H31N5OS. The van der Waals surface area contributed by atoms with E-state index in [4.69, 9.17) is 4.98 Å². The van der Waals surface area contributed by atoms with Crippen LogP contribution in [0.15, 0.2) is 42.6 Å². The fourth-order valence-corrected chi connectivity index (χ4v) is 5.75. The summed E-state index contributed by atoms with van der Waals surface area (Å²) in [6.45, 7) is 7.87. The number of piperidine rings is 1. The first-order chi connectivity index (χ1) is 15.6. The van der Waals surface area contributed by atoms with Gasteiger partial charge in [-0.25, -0.2) is 9.97 Å². The zero-order chi connectivity index (χ0) is 21.9. The Morgan fingerprint density at radius 1 is 1.12 bits per heavy atom. The summed E-state index contributed by atoms with van der Waals surface area (Å²) >= 11 is 1.64. The van der Waals surface area contributed by atoms with E-state index in [0.29, 0.717) is 5.92 Å². The van der Waals surface area contributed by atoms with Gasteiger partial charge in [0.2, 0.25) is 5.91 Å². The lowest BCUT2D eigenvalue weighted by atomic mass is 9.96. The van der Waals surface area contributed by atoms with Gasteiger partial charge in [-0.1, -0.05) is 41.2 Å². The fourth-order valence-electron chi connectivity index (χ4n) is 4.79. The zero-order valence-corrected chi connectivity index (χ0v) is 19.5. The highest BCUT2D eigenvalue weighted by Crippen LogP contribution is 2.30. The van der Waals surface area contributed by atoms with Gasteiger partial charge in [0.25, 0.3) is 0 Å². The van der Waals surface area contributed by atoms with E-state index in [9.17, 15) is 4.79 Å². The third-order valence-electron chi connectivity index (χ3n) is 6.75. The van der Waals surface area contributed by atoms with E-state index in [0.717, 1.165) is 74.0 Å². The fraction of sp³-hybridized carbons (Fsp3) is 0.480. The summed E-state index contributed by atoms with van der Waals surface area (Å²) in [5, 5.41) is 4.28. The number of likely N-dealkylation sites (tertiary alicyclic amines) is 1. The van der Waals surface area contributed by atoms with Crippen molar-refractivity contribution in [3.63, 3.8) is 0 Å². The molecule has 2 saturated heterocycles. The van der Waals surface area contributed by atoms with Gasteiger partial charge < -0.3 is 10.2 Å². The Morgan fingerprint density at radius 2 is 1.94 bits per heavy atom. The van der Waals surface area contributed by atoms with Crippen LogP contribution < -0.4 is 10.2 Å². The molecule has 32 heavy (non-hydrogen) atoms. The van der Waals surface area contributed by atoms with Crippen LogP contribution in [0.3, 0.4) is 0 Å². The van der Waals surface area contributed by atoms with Gasteiger partial charge in [0, 0.05) is 44.8 Å².